The molecule has 4 nitrogen and oxygen atoms in total. The number of rotatable bonds is 6. The molecule has 0 aliphatic heterocycles. The summed E-state index contributed by atoms with van der Waals surface area (Å²) in [6.45, 7) is -0.0640. The molecule has 0 N–H and O–H groups in total. The lowest BCUT2D eigenvalue weighted by atomic mass is 10.3. The van der Waals surface area contributed by atoms with Crippen molar-refractivity contribution >= 4 is 15.9 Å². The quantitative estimate of drug-likeness (QED) is 0.756. The summed E-state index contributed by atoms with van der Waals surface area (Å²) in [5.74, 6) is -0.477. The van der Waals surface area contributed by atoms with Crippen molar-refractivity contribution in [3.8, 4) is 11.5 Å². The standard InChI is InChI=1S/C10H12BrFO4/c1-13-5-15-8-4-3-7(11)10(9(8)12)16-6-14-2/h3-4H,5-6H2,1-2H3. The molecular formula is C10H12BrFO4. The van der Waals surface area contributed by atoms with E-state index in [-0.39, 0.29) is 25.1 Å². The lowest BCUT2D eigenvalue weighted by molar-refractivity contribution is 0.0401. The fourth-order valence-electron chi connectivity index (χ4n) is 0.998. The molecule has 0 saturated heterocycles. The average molecular weight is 295 g/mol. The first-order chi connectivity index (χ1) is 7.70. The van der Waals surface area contributed by atoms with Gasteiger partial charge < -0.3 is 18.9 Å². The van der Waals surface area contributed by atoms with Gasteiger partial charge in [-0.1, -0.05) is 0 Å². The largest absolute Gasteiger partial charge is 0.464 e. The third-order valence-corrected chi connectivity index (χ3v) is 2.29. The van der Waals surface area contributed by atoms with Gasteiger partial charge in [0.25, 0.3) is 0 Å². The van der Waals surface area contributed by atoms with Gasteiger partial charge >= 0.3 is 0 Å². The molecule has 1 aromatic carbocycles. The Balaban J connectivity index is 2.87. The van der Waals surface area contributed by atoms with Crippen LogP contribution < -0.4 is 9.47 Å². The summed E-state index contributed by atoms with van der Waals surface area (Å²) in [7, 11) is 2.91. The van der Waals surface area contributed by atoms with Crippen LogP contribution in [0.5, 0.6) is 11.5 Å². The van der Waals surface area contributed by atoms with Crippen LogP contribution in [-0.4, -0.2) is 27.8 Å². The molecule has 0 fully saturated rings. The predicted octanol–water partition coefficient (Wildman–Crippen LogP) is 2.55. The Morgan fingerprint density at radius 2 is 1.75 bits per heavy atom. The predicted molar refractivity (Wildman–Crippen MR) is 59.1 cm³/mol. The van der Waals surface area contributed by atoms with Crippen LogP contribution in [0.1, 0.15) is 0 Å². The molecule has 0 radical (unpaired) electrons. The number of benzene rings is 1. The van der Waals surface area contributed by atoms with Crippen LogP contribution in [0.2, 0.25) is 0 Å². The van der Waals surface area contributed by atoms with Gasteiger partial charge in [0, 0.05) is 14.2 Å². The fraction of sp³-hybridized carbons (Fsp3) is 0.400. The van der Waals surface area contributed by atoms with Gasteiger partial charge in [0.05, 0.1) is 4.47 Å². The Kier molecular flexibility index (Phi) is 5.51. The Labute approximate surface area is 101 Å². The molecular weight excluding hydrogens is 283 g/mol. The molecule has 0 spiro atoms. The van der Waals surface area contributed by atoms with Gasteiger partial charge in [-0.2, -0.15) is 4.39 Å². The number of hydrogen-bond donors (Lipinski definition) is 0. The zero-order valence-corrected chi connectivity index (χ0v) is 10.5. The van der Waals surface area contributed by atoms with Crippen molar-refractivity contribution in [3.63, 3.8) is 0 Å². The molecule has 90 valence electrons. The molecule has 0 aliphatic carbocycles. The van der Waals surface area contributed by atoms with Gasteiger partial charge in [-0.25, -0.2) is 0 Å². The second-order valence-corrected chi connectivity index (χ2v) is 3.64. The van der Waals surface area contributed by atoms with E-state index >= 15 is 0 Å². The van der Waals surface area contributed by atoms with Gasteiger partial charge in [0.15, 0.2) is 25.1 Å². The van der Waals surface area contributed by atoms with E-state index in [0.29, 0.717) is 4.47 Å². The second kappa shape index (κ2) is 6.67. The minimum atomic E-state index is -0.594. The van der Waals surface area contributed by atoms with E-state index in [2.05, 4.69) is 20.7 Å². The average Bonchev–Trinajstić information content (AvgIpc) is 2.28. The Morgan fingerprint density at radius 3 is 2.38 bits per heavy atom. The molecule has 0 aliphatic rings. The van der Waals surface area contributed by atoms with Crippen LogP contribution in [0.25, 0.3) is 0 Å². The Hall–Kier alpha value is -0.850. The molecule has 0 unspecified atom stereocenters. The number of methoxy groups -OCH3 is 2. The highest BCUT2D eigenvalue weighted by Gasteiger charge is 2.14. The normalized spacial score (nSPS) is 10.2. The molecule has 1 aromatic rings. The molecule has 0 aromatic heterocycles. The van der Waals surface area contributed by atoms with Crippen molar-refractivity contribution in [1.82, 2.24) is 0 Å². The molecule has 6 heteroatoms. The van der Waals surface area contributed by atoms with Gasteiger partial charge in [0.2, 0.25) is 5.82 Å². The zero-order valence-electron chi connectivity index (χ0n) is 8.96. The SMILES string of the molecule is COCOc1ccc(Br)c(OCOC)c1F. The Bertz CT molecular complexity index is 346. The first-order valence-electron chi connectivity index (χ1n) is 4.42. The monoisotopic (exact) mass is 294 g/mol. The number of halogens is 2. The summed E-state index contributed by atoms with van der Waals surface area (Å²) in [5, 5.41) is 0. The van der Waals surface area contributed by atoms with Crippen molar-refractivity contribution in [2.75, 3.05) is 27.8 Å². The van der Waals surface area contributed by atoms with E-state index in [1.54, 1.807) is 6.07 Å². The van der Waals surface area contributed by atoms with Gasteiger partial charge in [0.1, 0.15) is 0 Å². The van der Waals surface area contributed by atoms with Gasteiger partial charge in [-0.15, -0.1) is 0 Å². The van der Waals surface area contributed by atoms with Crippen LogP contribution in [-0.2, 0) is 9.47 Å². The summed E-state index contributed by atoms with van der Waals surface area (Å²) in [4.78, 5) is 0. The summed E-state index contributed by atoms with van der Waals surface area (Å²) in [6, 6.07) is 3.11. The minimum Gasteiger partial charge on any atom is -0.464 e. The van der Waals surface area contributed by atoms with Gasteiger partial charge in [-0.05, 0) is 28.1 Å². The van der Waals surface area contributed by atoms with Crippen molar-refractivity contribution in [2.45, 2.75) is 0 Å². The number of hydrogen-bond acceptors (Lipinski definition) is 4. The maximum atomic E-state index is 13.8. The van der Waals surface area contributed by atoms with Crippen LogP contribution >= 0.6 is 15.9 Å². The highest BCUT2D eigenvalue weighted by Crippen LogP contribution is 2.34. The van der Waals surface area contributed by atoms with E-state index in [9.17, 15) is 4.39 Å². The molecule has 0 amide bonds. The zero-order chi connectivity index (χ0) is 12.0. The van der Waals surface area contributed by atoms with E-state index in [1.165, 1.54) is 20.3 Å². The summed E-state index contributed by atoms with van der Waals surface area (Å²) in [5.41, 5.74) is 0. The third kappa shape index (κ3) is 3.33. The second-order valence-electron chi connectivity index (χ2n) is 2.79. The van der Waals surface area contributed by atoms with E-state index in [0.717, 1.165) is 0 Å². The van der Waals surface area contributed by atoms with Crippen molar-refractivity contribution < 1.29 is 23.3 Å². The summed E-state index contributed by atoms with van der Waals surface area (Å²) >= 11 is 3.17. The third-order valence-electron chi connectivity index (χ3n) is 1.67. The van der Waals surface area contributed by atoms with E-state index < -0.39 is 5.82 Å². The summed E-state index contributed by atoms with van der Waals surface area (Å²) in [6.07, 6.45) is 0. The van der Waals surface area contributed by atoms with Crippen molar-refractivity contribution in [2.24, 2.45) is 0 Å². The smallest absolute Gasteiger partial charge is 0.208 e. The molecule has 16 heavy (non-hydrogen) atoms. The topological polar surface area (TPSA) is 36.9 Å². The van der Waals surface area contributed by atoms with Crippen LogP contribution in [0, 0.1) is 5.82 Å². The lowest BCUT2D eigenvalue weighted by Crippen LogP contribution is -2.05. The van der Waals surface area contributed by atoms with Crippen LogP contribution in [0.15, 0.2) is 16.6 Å². The summed E-state index contributed by atoms with van der Waals surface area (Å²) < 4.78 is 33.8. The molecule has 0 heterocycles. The van der Waals surface area contributed by atoms with E-state index in [1.807, 2.05) is 0 Å². The first-order valence-corrected chi connectivity index (χ1v) is 5.21. The van der Waals surface area contributed by atoms with Crippen molar-refractivity contribution in [1.29, 1.82) is 0 Å². The first kappa shape index (κ1) is 13.2. The lowest BCUT2D eigenvalue weighted by Gasteiger charge is -2.11. The maximum absolute atomic E-state index is 13.8. The van der Waals surface area contributed by atoms with E-state index in [4.69, 9.17) is 14.2 Å². The molecule has 1 rings (SSSR count). The minimum absolute atomic E-state index is 0.0255. The maximum Gasteiger partial charge on any atom is 0.208 e. The fourth-order valence-corrected chi connectivity index (χ4v) is 1.42. The molecule has 0 atom stereocenters. The Morgan fingerprint density at radius 1 is 1.12 bits per heavy atom. The van der Waals surface area contributed by atoms with Gasteiger partial charge in [-0.3, -0.25) is 0 Å². The van der Waals surface area contributed by atoms with Crippen LogP contribution in [0.4, 0.5) is 4.39 Å². The van der Waals surface area contributed by atoms with Crippen LogP contribution in [0.3, 0.4) is 0 Å². The van der Waals surface area contributed by atoms with Crippen molar-refractivity contribution in [3.05, 3.63) is 22.4 Å². The number of ether oxygens (including phenoxy) is 4. The molecule has 0 bridgehead atoms. The highest BCUT2D eigenvalue weighted by molar-refractivity contribution is 9.10. The highest BCUT2D eigenvalue weighted by atomic mass is 79.9. The molecule has 0 saturated carbocycles.